The van der Waals surface area contributed by atoms with Crippen molar-refractivity contribution in [2.45, 2.75) is 205 Å². The molecule has 6 aliphatic rings. The third kappa shape index (κ3) is 13.7. The summed E-state index contributed by atoms with van der Waals surface area (Å²) in [6.45, 7) is -2.74. The van der Waals surface area contributed by atoms with Crippen LogP contribution in [0.1, 0.15) is 20.8 Å². The van der Waals surface area contributed by atoms with Gasteiger partial charge in [-0.05, 0) is 0 Å². The van der Waals surface area contributed by atoms with E-state index in [4.69, 9.17) is 52.1 Å². The molecule has 0 bridgehead atoms. The highest BCUT2D eigenvalue weighted by molar-refractivity contribution is 5.74. The van der Waals surface area contributed by atoms with Gasteiger partial charge in [0.25, 0.3) is 0 Å². The van der Waals surface area contributed by atoms with E-state index in [1.165, 1.54) is 0 Å². The SMILES string of the molecule is CC(=O)NC1C(O)OC(CO)C(OC2OC(COC3OC(CO)C(O)C(O)C3OC3OC(CO)C(O)C(O)C3NC(C)=O)C(O)C(OC3OC(CO)C(O)C(O)C3OC3OC(CO)C(O)C(O)C3NC(C)=O)C2O)C1O. The molecule has 440 valence electrons. The molecule has 0 saturated carbocycles. The molecule has 6 heterocycles. The van der Waals surface area contributed by atoms with Crippen LogP contribution >= 0.6 is 0 Å². The molecule has 6 rings (SSSR count). The topological polar surface area (TPSA) is 533 Å². The van der Waals surface area contributed by atoms with E-state index in [1.54, 1.807) is 0 Å². The Bertz CT molecular complexity index is 1870. The fraction of sp³-hybridized carbons (Fsp3) is 0.929. The lowest BCUT2D eigenvalue weighted by Gasteiger charge is -2.50. The number of ether oxygens (including phenoxy) is 11. The summed E-state index contributed by atoms with van der Waals surface area (Å²) in [5.41, 5.74) is 0. The molecule has 6 fully saturated rings. The van der Waals surface area contributed by atoms with Gasteiger partial charge in [-0.25, -0.2) is 0 Å². The van der Waals surface area contributed by atoms with Gasteiger partial charge in [-0.1, -0.05) is 0 Å². The van der Waals surface area contributed by atoms with Crippen LogP contribution in [0.15, 0.2) is 0 Å². The van der Waals surface area contributed by atoms with Crippen molar-refractivity contribution in [1.82, 2.24) is 16.0 Å². The second kappa shape index (κ2) is 27.2. The Kier molecular flexibility index (Phi) is 22.3. The number of carbonyl (C=O) groups excluding carboxylic acids is 3. The molecule has 76 heavy (non-hydrogen) atoms. The minimum absolute atomic E-state index is 0.774. The molecule has 30 atom stereocenters. The smallest absolute Gasteiger partial charge is 0.217 e. The second-order valence-electron chi connectivity index (χ2n) is 19.0. The minimum Gasteiger partial charge on any atom is -0.394 e. The molecular formula is C42H71N3O31. The lowest BCUT2D eigenvalue weighted by atomic mass is 9.94. The van der Waals surface area contributed by atoms with E-state index in [0.717, 1.165) is 20.8 Å². The minimum atomic E-state index is -2.33. The van der Waals surface area contributed by atoms with E-state index >= 15 is 0 Å². The van der Waals surface area contributed by atoms with Crippen LogP contribution in [0.5, 0.6) is 0 Å². The van der Waals surface area contributed by atoms with E-state index in [0.29, 0.717) is 0 Å². The largest absolute Gasteiger partial charge is 0.394 e. The van der Waals surface area contributed by atoms with Crippen molar-refractivity contribution in [3.63, 3.8) is 0 Å². The lowest BCUT2D eigenvalue weighted by molar-refractivity contribution is -0.394. The Labute approximate surface area is 431 Å². The first-order valence-electron chi connectivity index (χ1n) is 24.1. The van der Waals surface area contributed by atoms with Gasteiger partial charge in [0.1, 0.15) is 146 Å². The van der Waals surface area contributed by atoms with Gasteiger partial charge in [-0.2, -0.15) is 0 Å². The van der Waals surface area contributed by atoms with Crippen molar-refractivity contribution in [3.05, 3.63) is 0 Å². The van der Waals surface area contributed by atoms with Crippen LogP contribution < -0.4 is 16.0 Å². The number of hydrogen-bond donors (Lipinski definition) is 20. The van der Waals surface area contributed by atoms with Crippen molar-refractivity contribution < 1.29 is 153 Å². The molecule has 34 heteroatoms. The summed E-state index contributed by atoms with van der Waals surface area (Å²) in [5.74, 6) is -2.35. The third-order valence-corrected chi connectivity index (χ3v) is 13.6. The molecular weight excluding hydrogens is 1040 g/mol. The molecule has 0 aromatic carbocycles. The van der Waals surface area contributed by atoms with Crippen molar-refractivity contribution in [2.75, 3.05) is 39.6 Å². The number of aliphatic hydroxyl groups is 17. The maximum absolute atomic E-state index is 12.2. The van der Waals surface area contributed by atoms with Crippen molar-refractivity contribution >= 4 is 17.7 Å². The predicted molar refractivity (Wildman–Crippen MR) is 234 cm³/mol. The average Bonchev–Trinajstić information content (AvgIpc) is 3.37. The Balaban J connectivity index is 1.35. The van der Waals surface area contributed by atoms with E-state index < -0.39 is 241 Å². The quantitative estimate of drug-likeness (QED) is 0.0571. The first-order valence-corrected chi connectivity index (χ1v) is 24.1. The molecule has 0 aromatic rings. The highest BCUT2D eigenvalue weighted by atomic mass is 16.8. The van der Waals surface area contributed by atoms with E-state index in [2.05, 4.69) is 16.0 Å². The van der Waals surface area contributed by atoms with Gasteiger partial charge in [-0.3, -0.25) is 14.4 Å². The number of aliphatic hydroxyl groups excluding tert-OH is 17. The van der Waals surface area contributed by atoms with Gasteiger partial charge < -0.3 is 155 Å². The molecule has 6 aliphatic heterocycles. The summed E-state index contributed by atoms with van der Waals surface area (Å²) in [7, 11) is 0. The molecule has 0 aromatic heterocycles. The monoisotopic (exact) mass is 1110 g/mol. The summed E-state index contributed by atoms with van der Waals surface area (Å²) < 4.78 is 64.0. The van der Waals surface area contributed by atoms with Crippen LogP contribution in [0.4, 0.5) is 0 Å². The number of hydrogen-bond acceptors (Lipinski definition) is 31. The predicted octanol–water partition coefficient (Wildman–Crippen LogP) is -13.7. The van der Waals surface area contributed by atoms with Gasteiger partial charge in [0.2, 0.25) is 17.7 Å². The van der Waals surface area contributed by atoms with Gasteiger partial charge in [0, 0.05) is 20.8 Å². The molecule has 0 aliphatic carbocycles. The molecule has 20 N–H and O–H groups in total. The summed E-state index contributed by atoms with van der Waals surface area (Å²) in [4.78, 5) is 36.5. The molecule has 0 spiro atoms. The summed E-state index contributed by atoms with van der Waals surface area (Å²) in [6, 6.07) is -4.95. The molecule has 34 nitrogen and oxygen atoms in total. The number of amides is 3. The first kappa shape index (κ1) is 62.5. The Hall–Kier alpha value is -2.71. The summed E-state index contributed by atoms with van der Waals surface area (Å²) >= 11 is 0. The lowest BCUT2D eigenvalue weighted by Crippen LogP contribution is -2.69. The fourth-order valence-corrected chi connectivity index (χ4v) is 9.58. The van der Waals surface area contributed by atoms with E-state index in [1.807, 2.05) is 0 Å². The van der Waals surface area contributed by atoms with Gasteiger partial charge in [0.15, 0.2) is 37.7 Å². The zero-order valence-corrected chi connectivity index (χ0v) is 40.9. The van der Waals surface area contributed by atoms with Crippen LogP contribution in [-0.4, -0.2) is 328 Å². The highest BCUT2D eigenvalue weighted by Crippen LogP contribution is 2.36. The maximum Gasteiger partial charge on any atom is 0.217 e. The first-order chi connectivity index (χ1) is 35.9. The van der Waals surface area contributed by atoms with Gasteiger partial charge in [-0.15, -0.1) is 0 Å². The van der Waals surface area contributed by atoms with E-state index in [-0.39, 0.29) is 0 Å². The van der Waals surface area contributed by atoms with Crippen LogP contribution in [0.25, 0.3) is 0 Å². The Morgan fingerprint density at radius 3 is 1.13 bits per heavy atom. The van der Waals surface area contributed by atoms with Crippen molar-refractivity contribution in [2.24, 2.45) is 0 Å². The molecule has 6 saturated heterocycles. The number of rotatable bonds is 19. The maximum atomic E-state index is 12.2. The second-order valence-corrected chi connectivity index (χ2v) is 19.0. The molecule has 30 unspecified atom stereocenters. The number of nitrogens with one attached hydrogen (secondary N) is 3. The van der Waals surface area contributed by atoms with Crippen molar-refractivity contribution in [1.29, 1.82) is 0 Å². The summed E-state index contributed by atoms with van der Waals surface area (Å²) in [6.07, 6.45) is -52.5. The number of carbonyl (C=O) groups is 3. The Morgan fingerprint density at radius 1 is 0.342 bits per heavy atom. The fourth-order valence-electron chi connectivity index (χ4n) is 9.58. The van der Waals surface area contributed by atoms with Gasteiger partial charge in [0.05, 0.1) is 39.6 Å². The molecule has 0 radical (unpaired) electrons. The van der Waals surface area contributed by atoms with Crippen LogP contribution in [0.2, 0.25) is 0 Å². The van der Waals surface area contributed by atoms with Crippen molar-refractivity contribution in [3.8, 4) is 0 Å². The Morgan fingerprint density at radius 2 is 0.697 bits per heavy atom. The molecule has 3 amide bonds. The zero-order chi connectivity index (χ0) is 56.2. The highest BCUT2D eigenvalue weighted by Gasteiger charge is 2.58. The average molecular weight is 1110 g/mol. The normalized spacial score (nSPS) is 48.2. The third-order valence-electron chi connectivity index (χ3n) is 13.6. The zero-order valence-electron chi connectivity index (χ0n) is 40.9. The van der Waals surface area contributed by atoms with Gasteiger partial charge >= 0.3 is 0 Å². The van der Waals surface area contributed by atoms with E-state index in [9.17, 15) is 101 Å². The van der Waals surface area contributed by atoms with Crippen LogP contribution in [0, 0.1) is 0 Å². The standard InChI is InChI=1S/C42H71N3O31/c1-10(51)43-19-29(61)33(17(8-50)67-37(19)65)73-40-32(64)34(74-42-36(31(63)25(57)16(7-49)71-42)76-39-21(45-12(3)53)28(60)23(55)14(5-47)69-39)26(58)18(72-40)9-66-41-35(30(62)24(56)15(6-48)70-41)75-38-20(44-11(2)52)27(59)22(54)13(4-46)68-38/h13-42,46-50,54-65H,4-9H2,1-3H3,(H,43,51)(H,44,52)(H,45,53). The van der Waals surface area contributed by atoms with Crippen LogP contribution in [0.3, 0.4) is 0 Å². The van der Waals surface area contributed by atoms with Crippen LogP contribution in [-0.2, 0) is 66.5 Å². The summed E-state index contributed by atoms with van der Waals surface area (Å²) in [5, 5.41) is 191.